The molecule has 0 fully saturated rings. The summed E-state index contributed by atoms with van der Waals surface area (Å²) >= 11 is 0. The zero-order chi connectivity index (χ0) is 9.68. The fourth-order valence-electron chi connectivity index (χ4n) is 0.811. The van der Waals surface area contributed by atoms with E-state index in [1.54, 1.807) is 0 Å². The quantitative estimate of drug-likeness (QED) is 0.567. The van der Waals surface area contributed by atoms with Crippen LogP contribution in [0.4, 0.5) is 0 Å². The van der Waals surface area contributed by atoms with E-state index in [0.717, 1.165) is 12.8 Å². The van der Waals surface area contributed by atoms with Crippen LogP contribution in [0.5, 0.6) is 5.88 Å². The monoisotopic (exact) mass is 183 g/mol. The molecule has 1 aromatic heterocycles. The van der Waals surface area contributed by atoms with Gasteiger partial charge in [-0.05, 0) is 6.42 Å². The molecular formula is C8H11N2O3. The van der Waals surface area contributed by atoms with Crippen molar-refractivity contribution in [2.45, 2.75) is 19.8 Å². The first-order valence-corrected chi connectivity index (χ1v) is 4.13. The van der Waals surface area contributed by atoms with Gasteiger partial charge in [0.05, 0.1) is 6.61 Å². The van der Waals surface area contributed by atoms with E-state index in [2.05, 4.69) is 10.2 Å². The lowest BCUT2D eigenvalue weighted by atomic mass is 10.3. The molecule has 5 heteroatoms. The molecule has 0 saturated carbocycles. The summed E-state index contributed by atoms with van der Waals surface area (Å²) in [5.74, 6) is -1.17. The molecule has 0 aliphatic heterocycles. The summed E-state index contributed by atoms with van der Waals surface area (Å²) in [6, 6.07) is 0. The fraction of sp³-hybridized carbons (Fsp3) is 0.500. The molecule has 1 N–H and O–H groups in total. The van der Waals surface area contributed by atoms with Crippen LogP contribution in [0.2, 0.25) is 0 Å². The van der Waals surface area contributed by atoms with Crippen LogP contribution in [0, 0.1) is 0 Å². The van der Waals surface area contributed by atoms with E-state index in [-0.39, 0.29) is 5.56 Å². The minimum atomic E-state index is -0.604. The van der Waals surface area contributed by atoms with E-state index in [1.165, 1.54) is 6.20 Å². The Balaban J connectivity index is 2.45. The number of hydrogen-bond acceptors (Lipinski definition) is 3. The summed E-state index contributed by atoms with van der Waals surface area (Å²) in [4.78, 5) is 11.1. The van der Waals surface area contributed by atoms with Gasteiger partial charge in [0.25, 0.3) is 0 Å². The predicted octanol–water partition coefficient (Wildman–Crippen LogP) is 1.51. The largest absolute Gasteiger partial charge is 0.462 e. The van der Waals surface area contributed by atoms with E-state index in [1.807, 2.05) is 6.92 Å². The zero-order valence-corrected chi connectivity index (χ0v) is 7.37. The van der Waals surface area contributed by atoms with Gasteiger partial charge in [0.1, 0.15) is 5.56 Å². The lowest BCUT2D eigenvalue weighted by molar-refractivity contribution is 0.0494. The van der Waals surface area contributed by atoms with Crippen molar-refractivity contribution in [3.05, 3.63) is 11.8 Å². The van der Waals surface area contributed by atoms with Crippen molar-refractivity contribution in [3.8, 4) is 5.88 Å². The van der Waals surface area contributed by atoms with Crippen molar-refractivity contribution in [1.29, 1.82) is 0 Å². The maximum Gasteiger partial charge on any atom is 0.345 e. The van der Waals surface area contributed by atoms with Gasteiger partial charge in [-0.1, -0.05) is 13.3 Å². The maximum atomic E-state index is 11.1. The van der Waals surface area contributed by atoms with Crippen molar-refractivity contribution in [1.82, 2.24) is 10.2 Å². The Kier molecular flexibility index (Phi) is 3.31. The molecule has 1 aromatic rings. The van der Waals surface area contributed by atoms with Crippen LogP contribution in [-0.4, -0.2) is 22.8 Å². The Morgan fingerprint density at radius 1 is 1.69 bits per heavy atom. The zero-order valence-electron chi connectivity index (χ0n) is 7.37. The van der Waals surface area contributed by atoms with Gasteiger partial charge in [-0.15, -0.1) is 5.10 Å². The number of rotatable bonds is 4. The highest BCUT2D eigenvalue weighted by Gasteiger charge is 2.15. The molecule has 13 heavy (non-hydrogen) atoms. The molecule has 0 unspecified atom stereocenters. The average Bonchev–Trinajstić information content (AvgIpc) is 2.52. The lowest BCUT2D eigenvalue weighted by Gasteiger charge is -2.00. The number of aromatic nitrogens is 2. The minimum absolute atomic E-state index is 0.0314. The van der Waals surface area contributed by atoms with Gasteiger partial charge in [-0.2, -0.15) is 0 Å². The third-order valence-electron chi connectivity index (χ3n) is 1.56. The predicted molar refractivity (Wildman–Crippen MR) is 43.9 cm³/mol. The lowest BCUT2D eigenvalue weighted by Crippen LogP contribution is -2.05. The molecule has 71 valence electrons. The standard InChI is InChI=1S/C8H11N2O3/c1-2-3-4-13-8(12)6-5-9-10-7(6)11/h5H,2-4H2,1H3,(H,9,10). The summed E-state index contributed by atoms with van der Waals surface area (Å²) in [6.07, 6.45) is 3.00. The Morgan fingerprint density at radius 2 is 2.46 bits per heavy atom. The number of nitrogens with zero attached hydrogens (tertiary/aromatic N) is 1. The van der Waals surface area contributed by atoms with Crippen LogP contribution in [0.3, 0.4) is 0 Å². The highest BCUT2D eigenvalue weighted by molar-refractivity contribution is 5.91. The Hall–Kier alpha value is -1.52. The number of unbranched alkanes of at least 4 members (excludes halogenated alkanes) is 1. The number of carbonyl (C=O) groups is 1. The Bertz CT molecular complexity index is 283. The van der Waals surface area contributed by atoms with Gasteiger partial charge in [0, 0.05) is 6.20 Å². The molecule has 5 nitrogen and oxygen atoms in total. The van der Waals surface area contributed by atoms with Crippen LogP contribution in [0.25, 0.3) is 0 Å². The Morgan fingerprint density at radius 3 is 3.00 bits per heavy atom. The van der Waals surface area contributed by atoms with Gasteiger partial charge >= 0.3 is 11.8 Å². The maximum absolute atomic E-state index is 11.1. The number of aromatic amines is 1. The first-order valence-electron chi connectivity index (χ1n) is 4.13. The van der Waals surface area contributed by atoms with Crippen molar-refractivity contribution in [3.63, 3.8) is 0 Å². The smallest absolute Gasteiger partial charge is 0.345 e. The molecule has 1 rings (SSSR count). The molecule has 0 spiro atoms. The van der Waals surface area contributed by atoms with E-state index >= 15 is 0 Å². The molecule has 0 amide bonds. The molecule has 0 aliphatic carbocycles. The summed E-state index contributed by atoms with van der Waals surface area (Å²) in [6.45, 7) is 2.34. The second-order valence-electron chi connectivity index (χ2n) is 2.59. The van der Waals surface area contributed by atoms with Gasteiger partial charge in [0.15, 0.2) is 0 Å². The highest BCUT2D eigenvalue weighted by atomic mass is 16.5. The van der Waals surface area contributed by atoms with Crippen LogP contribution in [0.15, 0.2) is 6.20 Å². The summed E-state index contributed by atoms with van der Waals surface area (Å²) in [7, 11) is 0. The molecular weight excluding hydrogens is 172 g/mol. The summed E-state index contributed by atoms with van der Waals surface area (Å²) < 4.78 is 4.81. The molecule has 0 saturated heterocycles. The first kappa shape index (κ1) is 9.57. The molecule has 1 radical (unpaired) electrons. The van der Waals surface area contributed by atoms with E-state index < -0.39 is 11.8 Å². The number of esters is 1. The van der Waals surface area contributed by atoms with Crippen LogP contribution < -0.4 is 0 Å². The van der Waals surface area contributed by atoms with E-state index in [9.17, 15) is 9.90 Å². The van der Waals surface area contributed by atoms with Gasteiger partial charge in [-0.25, -0.2) is 4.79 Å². The van der Waals surface area contributed by atoms with Crippen molar-refractivity contribution in [2.24, 2.45) is 0 Å². The van der Waals surface area contributed by atoms with Gasteiger partial charge in [-0.3, -0.25) is 10.2 Å². The topological polar surface area (TPSA) is 74.9 Å². The second kappa shape index (κ2) is 4.49. The third-order valence-corrected chi connectivity index (χ3v) is 1.56. The number of nitrogens with one attached hydrogen (secondary N) is 1. The number of hydrogen-bond donors (Lipinski definition) is 1. The second-order valence-corrected chi connectivity index (χ2v) is 2.59. The van der Waals surface area contributed by atoms with Crippen molar-refractivity contribution in [2.75, 3.05) is 6.61 Å². The van der Waals surface area contributed by atoms with E-state index in [0.29, 0.717) is 6.61 Å². The molecule has 0 aliphatic rings. The third kappa shape index (κ3) is 2.47. The molecule has 1 heterocycles. The van der Waals surface area contributed by atoms with Crippen LogP contribution in [-0.2, 0) is 9.84 Å². The SMILES string of the molecule is CCCCOC(=O)c1c[nH]nc1[O]. The average molecular weight is 183 g/mol. The fourth-order valence-corrected chi connectivity index (χ4v) is 0.811. The number of ether oxygens (including phenoxy) is 1. The van der Waals surface area contributed by atoms with Crippen molar-refractivity contribution >= 4 is 5.97 Å². The normalized spacial score (nSPS) is 9.92. The van der Waals surface area contributed by atoms with Crippen LogP contribution in [0.1, 0.15) is 30.1 Å². The van der Waals surface area contributed by atoms with Gasteiger partial charge < -0.3 is 4.74 Å². The summed E-state index contributed by atoms with van der Waals surface area (Å²) in [5.41, 5.74) is -0.0314. The van der Waals surface area contributed by atoms with Gasteiger partial charge in [0.2, 0.25) is 0 Å². The number of H-pyrrole nitrogens is 1. The molecule has 0 atom stereocenters. The van der Waals surface area contributed by atoms with E-state index in [4.69, 9.17) is 4.74 Å². The highest BCUT2D eigenvalue weighted by Crippen LogP contribution is 2.13. The molecule has 0 aromatic carbocycles. The summed E-state index contributed by atoms with van der Waals surface area (Å²) in [5, 5.41) is 16.4. The minimum Gasteiger partial charge on any atom is -0.462 e. The first-order chi connectivity index (χ1) is 6.25. The van der Waals surface area contributed by atoms with Crippen LogP contribution >= 0.6 is 0 Å². The Labute approximate surface area is 75.7 Å². The van der Waals surface area contributed by atoms with Crippen molar-refractivity contribution < 1.29 is 14.6 Å². The molecule has 0 bridgehead atoms. The number of carbonyl (C=O) groups excluding carboxylic acids is 1.